The van der Waals surface area contributed by atoms with E-state index in [1.54, 1.807) is 41.3 Å². The van der Waals surface area contributed by atoms with Crippen molar-refractivity contribution in [3.05, 3.63) is 61.2 Å². The molecule has 4 aromatic rings. The summed E-state index contributed by atoms with van der Waals surface area (Å²) in [6.45, 7) is 1.68. The molecule has 0 atom stereocenters. The number of nitrogens with one attached hydrogen (secondary N) is 2. The van der Waals surface area contributed by atoms with Gasteiger partial charge in [-0.3, -0.25) is 10.3 Å². The van der Waals surface area contributed by atoms with Crippen molar-refractivity contribution in [2.45, 2.75) is 0 Å². The molecule has 0 bridgehead atoms. The molecule has 2 N–H and O–H groups in total. The molecule has 10 nitrogen and oxygen atoms in total. The van der Waals surface area contributed by atoms with Crippen molar-refractivity contribution in [2.24, 2.45) is 0 Å². The lowest BCUT2D eigenvalue weighted by Crippen LogP contribution is -2.32. The molecule has 0 aromatic carbocycles. The van der Waals surface area contributed by atoms with Crippen molar-refractivity contribution in [3.8, 4) is 28.5 Å². The number of hydrogen-bond donors (Lipinski definition) is 2. The largest absolute Gasteiger partial charge is 0.490 e. The number of nitrogens with zero attached hydrogens (tertiary/aromatic N) is 4. The van der Waals surface area contributed by atoms with E-state index in [0.717, 1.165) is 16.6 Å². The minimum atomic E-state index is -0.362. The number of aromatic nitrogens is 4. The van der Waals surface area contributed by atoms with Crippen molar-refractivity contribution < 1.29 is 19.0 Å². The van der Waals surface area contributed by atoms with Gasteiger partial charge < -0.3 is 19.5 Å². The maximum absolute atomic E-state index is 12.2. The number of pyridine rings is 3. The van der Waals surface area contributed by atoms with E-state index in [2.05, 4.69) is 25.7 Å². The number of carbonyl (C=O) groups excluding carboxylic acids is 1. The summed E-state index contributed by atoms with van der Waals surface area (Å²) >= 11 is 0. The van der Waals surface area contributed by atoms with Crippen molar-refractivity contribution >= 4 is 17.4 Å². The first-order valence-corrected chi connectivity index (χ1v) is 10.1. The van der Waals surface area contributed by atoms with Gasteiger partial charge in [-0.2, -0.15) is 0 Å². The number of urea groups is 1. The smallest absolute Gasteiger partial charge is 0.320 e. The molecule has 0 unspecified atom stereocenters. The standard InChI is InChI=1S/C22H20N6O4/c29-22(24-5-7-30-18-2-1-4-23-14-18)26-20-12-17-10-15(3-6-28(17)27-20)16-11-19-21(25-13-16)32-9-8-31-19/h1-4,6,10-14H,5,7-9H2,(H2,24,26,27,29). The Morgan fingerprint density at radius 2 is 2.06 bits per heavy atom. The average Bonchev–Trinajstić information content (AvgIpc) is 3.23. The van der Waals surface area contributed by atoms with Crippen LogP contribution in [0.15, 0.2) is 61.2 Å². The molecule has 5 rings (SSSR count). The third kappa shape index (κ3) is 4.38. The van der Waals surface area contributed by atoms with Gasteiger partial charge in [0.05, 0.1) is 18.3 Å². The van der Waals surface area contributed by atoms with Gasteiger partial charge in [0, 0.05) is 30.2 Å². The van der Waals surface area contributed by atoms with Crippen LogP contribution in [0.4, 0.5) is 10.6 Å². The van der Waals surface area contributed by atoms with Gasteiger partial charge in [-0.25, -0.2) is 14.3 Å². The molecule has 0 spiro atoms. The fourth-order valence-electron chi connectivity index (χ4n) is 3.25. The molecule has 0 aliphatic carbocycles. The molecule has 162 valence electrons. The van der Waals surface area contributed by atoms with Crippen LogP contribution in [0.5, 0.6) is 17.4 Å². The van der Waals surface area contributed by atoms with E-state index in [-0.39, 0.29) is 6.03 Å². The lowest BCUT2D eigenvalue weighted by Gasteiger charge is -2.17. The van der Waals surface area contributed by atoms with Crippen LogP contribution in [0, 0.1) is 0 Å². The second-order valence-electron chi connectivity index (χ2n) is 6.96. The maximum atomic E-state index is 12.2. The number of rotatable bonds is 6. The Hall–Kier alpha value is -4.34. The van der Waals surface area contributed by atoms with Gasteiger partial charge >= 0.3 is 6.03 Å². The van der Waals surface area contributed by atoms with Crippen LogP contribution in [-0.4, -0.2) is 52.0 Å². The number of anilines is 1. The van der Waals surface area contributed by atoms with Crippen LogP contribution in [0.25, 0.3) is 16.6 Å². The highest BCUT2D eigenvalue weighted by Crippen LogP contribution is 2.32. The lowest BCUT2D eigenvalue weighted by atomic mass is 10.1. The Balaban J connectivity index is 1.21. The minimum absolute atomic E-state index is 0.331. The Morgan fingerprint density at radius 3 is 2.97 bits per heavy atom. The Labute approximate surface area is 183 Å². The molecule has 1 aliphatic heterocycles. The highest BCUT2D eigenvalue weighted by atomic mass is 16.6. The molecule has 2 amide bonds. The second kappa shape index (κ2) is 8.80. The molecule has 32 heavy (non-hydrogen) atoms. The number of amides is 2. The zero-order valence-electron chi connectivity index (χ0n) is 17.0. The van der Waals surface area contributed by atoms with Crippen LogP contribution in [0.2, 0.25) is 0 Å². The molecule has 10 heteroatoms. The Kier molecular flexibility index (Phi) is 5.39. The molecule has 5 heterocycles. The zero-order chi connectivity index (χ0) is 21.8. The normalized spacial score (nSPS) is 12.4. The van der Waals surface area contributed by atoms with Crippen LogP contribution in [0.3, 0.4) is 0 Å². The first-order valence-electron chi connectivity index (χ1n) is 10.1. The van der Waals surface area contributed by atoms with E-state index in [1.807, 2.05) is 24.4 Å². The zero-order valence-corrected chi connectivity index (χ0v) is 17.0. The van der Waals surface area contributed by atoms with Crippen molar-refractivity contribution in [1.29, 1.82) is 0 Å². The number of ether oxygens (including phenoxy) is 3. The van der Waals surface area contributed by atoms with Gasteiger partial charge in [0.1, 0.15) is 25.6 Å². The molecular weight excluding hydrogens is 412 g/mol. The lowest BCUT2D eigenvalue weighted by molar-refractivity contribution is 0.164. The van der Waals surface area contributed by atoms with Gasteiger partial charge in [0.25, 0.3) is 5.88 Å². The summed E-state index contributed by atoms with van der Waals surface area (Å²) in [5.41, 5.74) is 2.68. The first kappa shape index (κ1) is 19.6. The van der Waals surface area contributed by atoms with Crippen molar-refractivity contribution in [1.82, 2.24) is 24.9 Å². The summed E-state index contributed by atoms with van der Waals surface area (Å²) in [7, 11) is 0. The van der Waals surface area contributed by atoms with Gasteiger partial charge in [-0.1, -0.05) is 0 Å². The maximum Gasteiger partial charge on any atom is 0.320 e. The predicted octanol–water partition coefficient (Wildman–Crippen LogP) is 2.76. The summed E-state index contributed by atoms with van der Waals surface area (Å²) in [5.74, 6) is 2.23. The van der Waals surface area contributed by atoms with E-state index >= 15 is 0 Å². The summed E-state index contributed by atoms with van der Waals surface area (Å²) in [5, 5.41) is 9.84. The summed E-state index contributed by atoms with van der Waals surface area (Å²) in [6, 6.07) is 10.8. The Bertz CT molecular complexity index is 1240. The van der Waals surface area contributed by atoms with Gasteiger partial charge in [0.2, 0.25) is 0 Å². The molecule has 4 aromatic heterocycles. The Morgan fingerprint density at radius 1 is 1.12 bits per heavy atom. The van der Waals surface area contributed by atoms with E-state index in [1.165, 1.54) is 0 Å². The summed E-state index contributed by atoms with van der Waals surface area (Å²) < 4.78 is 18.3. The van der Waals surface area contributed by atoms with Gasteiger partial charge in [-0.05, 0) is 35.9 Å². The van der Waals surface area contributed by atoms with Crippen LogP contribution in [-0.2, 0) is 0 Å². The fraction of sp³-hybridized carbons (Fsp3) is 0.182. The molecule has 0 saturated heterocycles. The van der Waals surface area contributed by atoms with Gasteiger partial charge in [0.15, 0.2) is 11.6 Å². The minimum Gasteiger partial charge on any atom is -0.490 e. The monoisotopic (exact) mass is 432 g/mol. The van der Waals surface area contributed by atoms with E-state index < -0.39 is 0 Å². The van der Waals surface area contributed by atoms with Crippen molar-refractivity contribution in [3.63, 3.8) is 0 Å². The van der Waals surface area contributed by atoms with Crippen LogP contribution < -0.4 is 24.8 Å². The first-order chi connectivity index (χ1) is 15.7. The van der Waals surface area contributed by atoms with Crippen LogP contribution >= 0.6 is 0 Å². The quantitative estimate of drug-likeness (QED) is 0.451. The molecule has 1 aliphatic rings. The number of fused-ring (bicyclic) bond motifs is 2. The fourth-order valence-corrected chi connectivity index (χ4v) is 3.25. The summed E-state index contributed by atoms with van der Waals surface area (Å²) in [4.78, 5) is 20.4. The number of hydrogen-bond acceptors (Lipinski definition) is 7. The topological polar surface area (TPSA) is 112 Å². The van der Waals surface area contributed by atoms with Crippen molar-refractivity contribution in [2.75, 3.05) is 31.7 Å². The van der Waals surface area contributed by atoms with E-state index in [0.29, 0.717) is 49.6 Å². The molecular formula is C22H20N6O4. The molecule has 0 radical (unpaired) electrons. The predicted molar refractivity (Wildman–Crippen MR) is 116 cm³/mol. The summed E-state index contributed by atoms with van der Waals surface area (Å²) in [6.07, 6.45) is 6.86. The average molecular weight is 432 g/mol. The highest BCUT2D eigenvalue weighted by molar-refractivity contribution is 5.89. The van der Waals surface area contributed by atoms with Crippen LogP contribution in [0.1, 0.15) is 0 Å². The number of carbonyl (C=O) groups is 1. The second-order valence-corrected chi connectivity index (χ2v) is 6.96. The highest BCUT2D eigenvalue weighted by Gasteiger charge is 2.14. The third-order valence-electron chi connectivity index (χ3n) is 4.73. The third-order valence-corrected chi connectivity index (χ3v) is 4.73. The SMILES string of the molecule is O=C(NCCOc1cccnc1)Nc1cc2cc(-c3cnc4c(c3)OCCO4)ccn2n1. The van der Waals surface area contributed by atoms with Gasteiger partial charge in [-0.15, -0.1) is 5.10 Å². The van der Waals surface area contributed by atoms with E-state index in [4.69, 9.17) is 14.2 Å². The molecule has 0 saturated carbocycles. The molecule has 0 fully saturated rings. The van der Waals surface area contributed by atoms with E-state index in [9.17, 15) is 4.79 Å².